The van der Waals surface area contributed by atoms with Crippen LogP contribution < -0.4 is 4.74 Å². The molecule has 0 spiro atoms. The molecule has 1 saturated carbocycles. The first-order valence-corrected chi connectivity index (χ1v) is 6.73. The van der Waals surface area contributed by atoms with Gasteiger partial charge in [0.1, 0.15) is 17.7 Å². The first-order chi connectivity index (χ1) is 9.08. The van der Waals surface area contributed by atoms with Crippen molar-refractivity contribution in [2.45, 2.75) is 51.2 Å². The lowest BCUT2D eigenvalue weighted by atomic mass is 10.1. The largest absolute Gasteiger partial charge is 0.487 e. The van der Waals surface area contributed by atoms with Crippen molar-refractivity contribution in [1.82, 2.24) is 0 Å². The highest BCUT2D eigenvalue weighted by molar-refractivity contribution is 5.96. The van der Waals surface area contributed by atoms with E-state index in [1.165, 1.54) is 25.1 Å². The van der Waals surface area contributed by atoms with Crippen molar-refractivity contribution < 1.29 is 19.0 Å². The van der Waals surface area contributed by atoms with Crippen LogP contribution in [0.2, 0.25) is 0 Å². The van der Waals surface area contributed by atoms with E-state index in [1.54, 1.807) is 0 Å². The first kappa shape index (κ1) is 14.0. The highest BCUT2D eigenvalue weighted by Crippen LogP contribution is 2.26. The maximum absolute atomic E-state index is 13.2. The number of hydrogen-bond acceptors (Lipinski definition) is 3. The number of aliphatic hydroxyl groups excluding tert-OH is 1. The topological polar surface area (TPSA) is 46.5 Å². The number of benzene rings is 1. The molecule has 1 N–H and O–H groups in total. The van der Waals surface area contributed by atoms with Gasteiger partial charge in [0.15, 0.2) is 5.78 Å². The number of carbonyl (C=O) groups is 1. The van der Waals surface area contributed by atoms with Gasteiger partial charge in [-0.15, -0.1) is 0 Å². The summed E-state index contributed by atoms with van der Waals surface area (Å²) in [5.41, 5.74) is 0.233. The zero-order valence-corrected chi connectivity index (χ0v) is 11.1. The van der Waals surface area contributed by atoms with Gasteiger partial charge in [0.25, 0.3) is 0 Å². The summed E-state index contributed by atoms with van der Waals surface area (Å²) in [6.45, 7) is 1.38. The van der Waals surface area contributed by atoms with Crippen LogP contribution in [0.4, 0.5) is 4.39 Å². The molecule has 104 valence electrons. The van der Waals surface area contributed by atoms with Crippen molar-refractivity contribution in [3.8, 4) is 5.75 Å². The number of carbonyl (C=O) groups excluding carboxylic acids is 1. The molecule has 19 heavy (non-hydrogen) atoms. The number of aliphatic hydroxyl groups is 1. The van der Waals surface area contributed by atoms with Gasteiger partial charge in [-0.1, -0.05) is 12.8 Å². The van der Waals surface area contributed by atoms with Crippen LogP contribution in [-0.4, -0.2) is 23.1 Å². The number of Topliss-reactive ketones (excluding diaryl/α,β-unsaturated/α-hetero) is 1. The molecular weight excluding hydrogens is 247 g/mol. The fourth-order valence-electron chi connectivity index (χ4n) is 2.43. The summed E-state index contributed by atoms with van der Waals surface area (Å²) in [4.78, 5) is 11.5. The molecule has 1 fully saturated rings. The second-order valence-corrected chi connectivity index (χ2v) is 5.06. The van der Waals surface area contributed by atoms with Gasteiger partial charge in [0, 0.05) is 0 Å². The predicted molar refractivity (Wildman–Crippen MR) is 69.9 cm³/mol. The first-order valence-electron chi connectivity index (χ1n) is 6.73. The third-order valence-corrected chi connectivity index (χ3v) is 3.52. The van der Waals surface area contributed by atoms with Crippen molar-refractivity contribution in [1.29, 1.82) is 0 Å². The van der Waals surface area contributed by atoms with Crippen molar-refractivity contribution in [2.24, 2.45) is 0 Å². The molecule has 3 nitrogen and oxygen atoms in total. The van der Waals surface area contributed by atoms with E-state index in [1.807, 2.05) is 0 Å². The average molecular weight is 266 g/mol. The fourth-order valence-corrected chi connectivity index (χ4v) is 2.43. The number of ketones is 1. The molecule has 0 bridgehead atoms. The number of hydrogen-bond donors (Lipinski definition) is 1. The van der Waals surface area contributed by atoms with Crippen molar-refractivity contribution >= 4 is 5.78 Å². The molecule has 0 amide bonds. The number of ether oxygens (including phenoxy) is 1. The van der Waals surface area contributed by atoms with Crippen LogP contribution in [0.25, 0.3) is 0 Å². The Morgan fingerprint density at radius 3 is 2.79 bits per heavy atom. The molecule has 0 aromatic heterocycles. The van der Waals surface area contributed by atoms with E-state index in [0.29, 0.717) is 12.2 Å². The van der Waals surface area contributed by atoms with Crippen LogP contribution in [0.5, 0.6) is 5.75 Å². The van der Waals surface area contributed by atoms with Gasteiger partial charge in [0.05, 0.1) is 11.7 Å². The standard InChI is InChI=1S/C15H19FO3/c1-10(17)12-9-11(16)7-8-14(12)19-15-6-4-2-3-5-13(15)18/h7-9,13,15,18H,2-6H2,1H3. The van der Waals surface area contributed by atoms with Gasteiger partial charge in [0.2, 0.25) is 0 Å². The van der Waals surface area contributed by atoms with Gasteiger partial charge in [-0.3, -0.25) is 4.79 Å². The smallest absolute Gasteiger partial charge is 0.163 e. The summed E-state index contributed by atoms with van der Waals surface area (Å²) in [7, 11) is 0. The minimum absolute atomic E-state index is 0.233. The van der Waals surface area contributed by atoms with E-state index in [0.717, 1.165) is 25.7 Å². The van der Waals surface area contributed by atoms with Crippen LogP contribution in [0.3, 0.4) is 0 Å². The van der Waals surface area contributed by atoms with Gasteiger partial charge >= 0.3 is 0 Å². The summed E-state index contributed by atoms with van der Waals surface area (Å²) < 4.78 is 18.9. The zero-order valence-electron chi connectivity index (χ0n) is 11.1. The summed E-state index contributed by atoms with van der Waals surface area (Å²) >= 11 is 0. The van der Waals surface area contributed by atoms with Crippen LogP contribution >= 0.6 is 0 Å². The molecule has 0 radical (unpaired) electrons. The molecule has 4 heteroatoms. The van der Waals surface area contributed by atoms with Crippen molar-refractivity contribution in [2.75, 3.05) is 0 Å². The van der Waals surface area contributed by atoms with Gasteiger partial charge < -0.3 is 9.84 Å². The Hall–Kier alpha value is -1.42. The molecule has 0 saturated heterocycles. The zero-order chi connectivity index (χ0) is 13.8. The van der Waals surface area contributed by atoms with E-state index in [4.69, 9.17) is 4.74 Å². The molecule has 0 aliphatic heterocycles. The lowest BCUT2D eigenvalue weighted by Crippen LogP contribution is -2.31. The lowest BCUT2D eigenvalue weighted by Gasteiger charge is -2.23. The highest BCUT2D eigenvalue weighted by Gasteiger charge is 2.24. The summed E-state index contributed by atoms with van der Waals surface area (Å²) in [5, 5.41) is 10.0. The molecule has 1 aromatic rings. The fraction of sp³-hybridized carbons (Fsp3) is 0.533. The lowest BCUT2D eigenvalue weighted by molar-refractivity contribution is 0.0313. The van der Waals surface area contributed by atoms with E-state index in [2.05, 4.69) is 0 Å². The van der Waals surface area contributed by atoms with Crippen LogP contribution in [0, 0.1) is 5.82 Å². The van der Waals surface area contributed by atoms with E-state index < -0.39 is 11.9 Å². The van der Waals surface area contributed by atoms with Crippen molar-refractivity contribution in [3.05, 3.63) is 29.6 Å². The molecule has 1 aliphatic rings. The third kappa shape index (κ3) is 3.53. The summed E-state index contributed by atoms with van der Waals surface area (Å²) in [6.07, 6.45) is 3.71. The van der Waals surface area contributed by atoms with E-state index in [9.17, 15) is 14.3 Å². The maximum atomic E-state index is 13.2. The number of rotatable bonds is 3. The van der Waals surface area contributed by atoms with Gasteiger partial charge in [-0.25, -0.2) is 4.39 Å². The van der Waals surface area contributed by atoms with E-state index >= 15 is 0 Å². The SMILES string of the molecule is CC(=O)c1cc(F)ccc1OC1CCCCCC1O. The minimum atomic E-state index is -0.521. The van der Waals surface area contributed by atoms with Gasteiger partial charge in [-0.05, 0) is 44.4 Å². The van der Waals surface area contributed by atoms with Crippen LogP contribution in [0.15, 0.2) is 18.2 Å². The Kier molecular flexibility index (Phi) is 4.53. The molecule has 2 atom stereocenters. The summed E-state index contributed by atoms with van der Waals surface area (Å²) in [6, 6.07) is 3.91. The minimum Gasteiger partial charge on any atom is -0.487 e. The summed E-state index contributed by atoms with van der Waals surface area (Å²) in [5.74, 6) is -0.337. The second-order valence-electron chi connectivity index (χ2n) is 5.06. The third-order valence-electron chi connectivity index (χ3n) is 3.52. The Morgan fingerprint density at radius 2 is 2.05 bits per heavy atom. The monoisotopic (exact) mass is 266 g/mol. The normalized spacial score (nSPS) is 23.7. The molecule has 1 aromatic carbocycles. The molecule has 2 rings (SSSR count). The molecule has 2 unspecified atom stereocenters. The molecular formula is C15H19FO3. The van der Waals surface area contributed by atoms with Crippen molar-refractivity contribution in [3.63, 3.8) is 0 Å². The van der Waals surface area contributed by atoms with E-state index in [-0.39, 0.29) is 17.5 Å². The molecule has 1 aliphatic carbocycles. The molecule has 0 heterocycles. The number of halogens is 1. The Balaban J connectivity index is 2.19. The van der Waals surface area contributed by atoms with Gasteiger partial charge in [-0.2, -0.15) is 0 Å². The Labute approximate surface area is 112 Å². The highest BCUT2D eigenvalue weighted by atomic mass is 19.1. The predicted octanol–water partition coefficient (Wildman–Crippen LogP) is 3.10. The Bertz CT molecular complexity index is 459. The maximum Gasteiger partial charge on any atom is 0.163 e. The van der Waals surface area contributed by atoms with Crippen LogP contribution in [0.1, 0.15) is 49.4 Å². The quantitative estimate of drug-likeness (QED) is 0.675. The average Bonchev–Trinajstić information content (AvgIpc) is 2.57. The van der Waals surface area contributed by atoms with Crippen LogP contribution in [-0.2, 0) is 0 Å². The second kappa shape index (κ2) is 6.15. The Morgan fingerprint density at radius 1 is 1.32 bits per heavy atom.